The maximum Gasteiger partial charge on any atom is 0.157 e. The van der Waals surface area contributed by atoms with E-state index in [-0.39, 0.29) is 0 Å². The summed E-state index contributed by atoms with van der Waals surface area (Å²) in [6, 6.07) is 0. The molecule has 0 radical (unpaired) electrons. The molecule has 0 aromatic heterocycles. The van der Waals surface area contributed by atoms with Crippen molar-refractivity contribution in [3.63, 3.8) is 0 Å². The molecule has 0 unspecified atom stereocenters. The molecule has 2 heteroatoms. The number of halogens is 1. The third kappa shape index (κ3) is 3.86. The van der Waals surface area contributed by atoms with Crippen LogP contribution < -0.4 is 0 Å². The predicted molar refractivity (Wildman–Crippen MR) is 34.3 cm³/mol. The Hall–Kier alpha value is 0.0200. The van der Waals surface area contributed by atoms with Crippen LogP contribution in [0.3, 0.4) is 0 Å². The molecule has 0 aliphatic carbocycles. The van der Waals surface area contributed by atoms with Gasteiger partial charge in [0.15, 0.2) is 4.67 Å². The van der Waals surface area contributed by atoms with Crippen LogP contribution in [0.4, 0.5) is 0 Å². The van der Waals surface area contributed by atoms with Crippen LogP contribution in [0.2, 0.25) is 0 Å². The Labute approximate surface area is 52.5 Å². The average Bonchev–Trinajstić information content (AvgIpc) is 1.68. The van der Waals surface area contributed by atoms with E-state index in [0.717, 1.165) is 11.3 Å². The van der Waals surface area contributed by atoms with E-state index < -0.39 is 0 Å². The Morgan fingerprint density at radius 2 is 2.43 bits per heavy atom. The highest BCUT2D eigenvalue weighted by atomic mass is 79.9. The van der Waals surface area contributed by atoms with Crippen LogP contribution in [0.25, 0.3) is 0 Å². The lowest BCUT2D eigenvalue weighted by molar-refractivity contribution is 0.260. The lowest BCUT2D eigenvalue weighted by Gasteiger charge is -1.95. The van der Waals surface area contributed by atoms with Crippen molar-refractivity contribution >= 4 is 15.9 Å². The van der Waals surface area contributed by atoms with Crippen LogP contribution in [0.15, 0.2) is 10.7 Å². The fourth-order valence-corrected chi connectivity index (χ4v) is 0.450. The smallest absolute Gasteiger partial charge is 0.157 e. The molecule has 0 aromatic carbocycles. The Kier molecular flexibility index (Phi) is 4.20. The maximum absolute atomic E-state index is 4.97. The van der Waals surface area contributed by atoms with Crippen LogP contribution in [0.1, 0.15) is 13.8 Å². The molecule has 7 heavy (non-hydrogen) atoms. The summed E-state index contributed by atoms with van der Waals surface area (Å²) >= 11 is 3.18. The molecule has 0 heterocycles. The number of rotatable bonds is 2. The first kappa shape index (κ1) is 7.02. The minimum atomic E-state index is 0.727. The Morgan fingerprint density at radius 3 is 2.57 bits per heavy atom. The van der Waals surface area contributed by atoms with E-state index in [1.165, 1.54) is 0 Å². The summed E-state index contributed by atoms with van der Waals surface area (Å²) in [7, 11) is 0. The van der Waals surface area contributed by atoms with E-state index in [1.54, 1.807) is 0 Å². The second-order valence-electron chi connectivity index (χ2n) is 1.03. The van der Waals surface area contributed by atoms with Crippen LogP contribution in [0, 0.1) is 0 Å². The summed E-state index contributed by atoms with van der Waals surface area (Å²) in [5.74, 6) is 0. The molecule has 0 saturated carbocycles. The fraction of sp³-hybridized carbons (Fsp3) is 0.600. The van der Waals surface area contributed by atoms with E-state index in [2.05, 4.69) is 15.9 Å². The number of hydrogen-bond acceptors (Lipinski definition) is 1. The largest absolute Gasteiger partial charge is 0.487 e. The Balaban J connectivity index is 3.17. The number of hydrogen-bond donors (Lipinski definition) is 0. The molecule has 0 spiro atoms. The van der Waals surface area contributed by atoms with Crippen molar-refractivity contribution < 1.29 is 4.74 Å². The van der Waals surface area contributed by atoms with E-state index in [0.29, 0.717) is 0 Å². The van der Waals surface area contributed by atoms with Crippen LogP contribution in [-0.2, 0) is 4.74 Å². The van der Waals surface area contributed by atoms with E-state index in [9.17, 15) is 0 Å². The first-order valence-electron chi connectivity index (χ1n) is 2.25. The fourth-order valence-electron chi connectivity index (χ4n) is 0.221. The van der Waals surface area contributed by atoms with Crippen molar-refractivity contribution in [1.29, 1.82) is 0 Å². The van der Waals surface area contributed by atoms with Gasteiger partial charge in [0.25, 0.3) is 0 Å². The monoisotopic (exact) mass is 164 g/mol. The van der Waals surface area contributed by atoms with Gasteiger partial charge in [-0.15, -0.1) is 0 Å². The predicted octanol–water partition coefficient (Wildman–Crippen LogP) is 2.28. The van der Waals surface area contributed by atoms with Gasteiger partial charge in [-0.05, 0) is 35.9 Å². The third-order valence-corrected chi connectivity index (χ3v) is 1.20. The van der Waals surface area contributed by atoms with Crippen LogP contribution in [0.5, 0.6) is 0 Å². The van der Waals surface area contributed by atoms with Crippen molar-refractivity contribution in [3.05, 3.63) is 10.7 Å². The molecule has 0 bridgehead atoms. The SMILES string of the molecule is CC=C(Br)OCC. The Morgan fingerprint density at radius 1 is 1.86 bits per heavy atom. The molecular weight excluding hydrogens is 156 g/mol. The van der Waals surface area contributed by atoms with Crippen LogP contribution in [-0.4, -0.2) is 6.61 Å². The van der Waals surface area contributed by atoms with Crippen molar-refractivity contribution in [2.24, 2.45) is 0 Å². The summed E-state index contributed by atoms with van der Waals surface area (Å²) in [6.45, 7) is 4.59. The standard InChI is InChI=1S/C5H9BrO/c1-3-5(6)7-4-2/h3H,4H2,1-2H3. The molecule has 0 amide bonds. The van der Waals surface area contributed by atoms with Crippen LogP contribution >= 0.6 is 15.9 Å². The molecule has 0 N–H and O–H groups in total. The van der Waals surface area contributed by atoms with Gasteiger partial charge >= 0.3 is 0 Å². The summed E-state index contributed by atoms with van der Waals surface area (Å²) in [6.07, 6.45) is 1.86. The van der Waals surface area contributed by atoms with Crippen molar-refractivity contribution in [2.75, 3.05) is 6.61 Å². The lowest BCUT2D eigenvalue weighted by atomic mass is 10.7. The first-order valence-corrected chi connectivity index (χ1v) is 3.05. The lowest BCUT2D eigenvalue weighted by Crippen LogP contribution is -1.80. The summed E-state index contributed by atoms with van der Waals surface area (Å²) < 4.78 is 5.78. The normalized spacial score (nSPS) is 11.6. The molecule has 0 fully saturated rings. The second-order valence-corrected chi connectivity index (χ2v) is 1.81. The second kappa shape index (κ2) is 4.19. The van der Waals surface area contributed by atoms with Gasteiger partial charge in [0, 0.05) is 0 Å². The minimum absolute atomic E-state index is 0.727. The zero-order valence-electron chi connectivity index (χ0n) is 4.57. The highest BCUT2D eigenvalue weighted by molar-refractivity contribution is 9.11. The molecule has 1 nitrogen and oxygen atoms in total. The average molecular weight is 165 g/mol. The number of allylic oxidation sites excluding steroid dienone is 1. The summed E-state index contributed by atoms with van der Waals surface area (Å²) in [5, 5.41) is 0. The van der Waals surface area contributed by atoms with Gasteiger partial charge in [-0.1, -0.05) is 0 Å². The first-order chi connectivity index (χ1) is 3.31. The zero-order chi connectivity index (χ0) is 5.70. The van der Waals surface area contributed by atoms with E-state index in [1.807, 2.05) is 19.9 Å². The molecule has 0 atom stereocenters. The van der Waals surface area contributed by atoms with Gasteiger partial charge in [-0.3, -0.25) is 0 Å². The number of ether oxygens (including phenoxy) is 1. The van der Waals surface area contributed by atoms with Gasteiger partial charge in [-0.25, -0.2) is 0 Å². The van der Waals surface area contributed by atoms with Gasteiger partial charge in [-0.2, -0.15) is 0 Å². The molecule has 0 aromatic rings. The van der Waals surface area contributed by atoms with Gasteiger partial charge in [0.2, 0.25) is 0 Å². The Bertz CT molecular complexity index is 68.5. The summed E-state index contributed by atoms with van der Waals surface area (Å²) in [4.78, 5) is 0. The molecular formula is C5H9BrO. The third-order valence-electron chi connectivity index (χ3n) is 0.509. The quantitative estimate of drug-likeness (QED) is 0.570. The van der Waals surface area contributed by atoms with E-state index in [4.69, 9.17) is 4.74 Å². The molecule has 0 aliphatic heterocycles. The van der Waals surface area contributed by atoms with Crippen molar-refractivity contribution in [1.82, 2.24) is 0 Å². The molecule has 42 valence electrons. The molecule has 0 rings (SSSR count). The maximum atomic E-state index is 4.97. The minimum Gasteiger partial charge on any atom is -0.487 e. The van der Waals surface area contributed by atoms with Crippen molar-refractivity contribution in [3.8, 4) is 0 Å². The molecule has 0 saturated heterocycles. The van der Waals surface area contributed by atoms with Crippen molar-refractivity contribution in [2.45, 2.75) is 13.8 Å². The topological polar surface area (TPSA) is 9.23 Å². The molecule has 0 aliphatic rings. The zero-order valence-corrected chi connectivity index (χ0v) is 6.16. The summed E-state index contributed by atoms with van der Waals surface area (Å²) in [5.41, 5.74) is 0. The van der Waals surface area contributed by atoms with Gasteiger partial charge in [0.05, 0.1) is 6.61 Å². The van der Waals surface area contributed by atoms with Gasteiger partial charge in [0.1, 0.15) is 0 Å². The van der Waals surface area contributed by atoms with E-state index >= 15 is 0 Å². The highest BCUT2D eigenvalue weighted by Crippen LogP contribution is 2.03. The van der Waals surface area contributed by atoms with Gasteiger partial charge < -0.3 is 4.74 Å². The highest BCUT2D eigenvalue weighted by Gasteiger charge is 1.80.